The van der Waals surface area contributed by atoms with Crippen LogP contribution in [0.5, 0.6) is 0 Å². The zero-order chi connectivity index (χ0) is 27.5. The summed E-state index contributed by atoms with van der Waals surface area (Å²) in [6.07, 6.45) is 1.08. The van der Waals surface area contributed by atoms with Crippen LogP contribution in [-0.2, 0) is 41.6 Å². The van der Waals surface area contributed by atoms with Gasteiger partial charge in [0.05, 0.1) is 19.6 Å². The van der Waals surface area contributed by atoms with Crippen LogP contribution in [0.3, 0.4) is 0 Å². The minimum Gasteiger partial charge on any atom is -0.466 e. The largest absolute Gasteiger partial charge is 0.466 e. The third kappa shape index (κ3) is 8.52. The van der Waals surface area contributed by atoms with Gasteiger partial charge in [-0.2, -0.15) is 0 Å². The van der Waals surface area contributed by atoms with Crippen LogP contribution in [0.1, 0.15) is 37.3 Å². The van der Waals surface area contributed by atoms with Crippen LogP contribution in [0.2, 0.25) is 0 Å². The molecule has 0 spiro atoms. The second-order valence-electron chi connectivity index (χ2n) is 9.61. The van der Waals surface area contributed by atoms with Crippen LogP contribution in [-0.4, -0.2) is 54.7 Å². The van der Waals surface area contributed by atoms with E-state index in [4.69, 9.17) is 14.2 Å². The molecule has 7 heteroatoms. The summed E-state index contributed by atoms with van der Waals surface area (Å²) in [4.78, 5) is 39.8. The average molecular weight is 530 g/mol. The lowest BCUT2D eigenvalue weighted by Gasteiger charge is -2.24. The number of carbonyl (C=O) groups is 3. The molecule has 0 N–H and O–H groups in total. The fourth-order valence-electron chi connectivity index (χ4n) is 4.78. The Morgan fingerprint density at radius 2 is 1.49 bits per heavy atom. The molecule has 204 valence electrons. The maximum absolute atomic E-state index is 13.0. The van der Waals surface area contributed by atoms with Crippen molar-refractivity contribution in [2.75, 3.05) is 19.7 Å². The number of carbonyl (C=O) groups excluding carboxylic acids is 3. The monoisotopic (exact) mass is 529 g/mol. The van der Waals surface area contributed by atoms with E-state index in [2.05, 4.69) is 0 Å². The minimum absolute atomic E-state index is 0.0391. The van der Waals surface area contributed by atoms with Gasteiger partial charge in [0.1, 0.15) is 18.8 Å². The van der Waals surface area contributed by atoms with E-state index in [0.717, 1.165) is 28.7 Å². The van der Waals surface area contributed by atoms with Crippen LogP contribution in [0, 0.1) is 0 Å². The fourth-order valence-corrected chi connectivity index (χ4v) is 4.78. The zero-order valence-electron chi connectivity index (χ0n) is 22.3. The fraction of sp³-hybridized carbons (Fsp3) is 0.344. The Morgan fingerprint density at radius 3 is 2.18 bits per heavy atom. The van der Waals surface area contributed by atoms with E-state index in [9.17, 15) is 14.4 Å². The molecule has 0 saturated carbocycles. The van der Waals surface area contributed by atoms with Crippen LogP contribution >= 0.6 is 0 Å². The number of hydrogen-bond acceptors (Lipinski definition) is 7. The van der Waals surface area contributed by atoms with Crippen LogP contribution in [0.4, 0.5) is 0 Å². The van der Waals surface area contributed by atoms with E-state index in [-0.39, 0.29) is 32.1 Å². The Bertz CT molecular complexity index is 1210. The topological polar surface area (TPSA) is 82.1 Å². The highest BCUT2D eigenvalue weighted by atomic mass is 16.6. The number of benzene rings is 3. The first-order chi connectivity index (χ1) is 19.0. The number of likely N-dealkylation sites (tertiary alicyclic amines) is 1. The van der Waals surface area contributed by atoms with Gasteiger partial charge in [0.2, 0.25) is 0 Å². The molecular weight excluding hydrogens is 494 g/mol. The molecule has 1 fully saturated rings. The van der Waals surface area contributed by atoms with Crippen molar-refractivity contribution in [1.29, 1.82) is 0 Å². The first-order valence-electron chi connectivity index (χ1n) is 13.5. The molecule has 1 saturated heterocycles. The molecule has 1 aliphatic heterocycles. The van der Waals surface area contributed by atoms with Gasteiger partial charge < -0.3 is 14.2 Å². The van der Waals surface area contributed by atoms with Crippen molar-refractivity contribution in [3.8, 4) is 11.1 Å². The molecule has 0 bridgehead atoms. The molecule has 4 rings (SSSR count). The molecule has 0 radical (unpaired) electrons. The summed E-state index contributed by atoms with van der Waals surface area (Å²) in [5.41, 5.74) is 4.05. The summed E-state index contributed by atoms with van der Waals surface area (Å²) in [5.74, 6) is -1.24. The first-order valence-corrected chi connectivity index (χ1v) is 13.5. The third-order valence-electron chi connectivity index (χ3n) is 6.71. The molecule has 3 aromatic carbocycles. The first kappa shape index (κ1) is 28.0. The molecule has 1 aliphatic rings. The average Bonchev–Trinajstić information content (AvgIpc) is 3.41. The molecule has 1 heterocycles. The van der Waals surface area contributed by atoms with Gasteiger partial charge in [-0.25, -0.2) is 0 Å². The Hall–Kier alpha value is -3.97. The van der Waals surface area contributed by atoms with Crippen molar-refractivity contribution in [3.05, 3.63) is 96.1 Å². The molecule has 0 aliphatic carbocycles. The minimum atomic E-state index is -0.676. The molecule has 39 heavy (non-hydrogen) atoms. The highest BCUT2D eigenvalue weighted by Crippen LogP contribution is 2.22. The van der Waals surface area contributed by atoms with Crippen molar-refractivity contribution in [2.24, 2.45) is 0 Å². The van der Waals surface area contributed by atoms with Gasteiger partial charge in [0.25, 0.3) is 0 Å². The van der Waals surface area contributed by atoms with Gasteiger partial charge in [-0.15, -0.1) is 0 Å². The van der Waals surface area contributed by atoms with E-state index >= 15 is 0 Å². The number of esters is 3. The summed E-state index contributed by atoms with van der Waals surface area (Å²) in [6, 6.07) is 27.0. The molecular formula is C32H35NO6. The summed E-state index contributed by atoms with van der Waals surface area (Å²) >= 11 is 0. The number of rotatable bonds is 12. The normalized spacial score (nSPS) is 15.9. The van der Waals surface area contributed by atoms with Gasteiger partial charge in [0.15, 0.2) is 0 Å². The Balaban J connectivity index is 1.35. The molecule has 0 unspecified atom stereocenters. The van der Waals surface area contributed by atoms with E-state index in [1.165, 1.54) is 0 Å². The number of ether oxygens (including phenoxy) is 3. The molecule has 0 aromatic heterocycles. The van der Waals surface area contributed by atoms with E-state index in [0.29, 0.717) is 19.4 Å². The van der Waals surface area contributed by atoms with Crippen LogP contribution in [0.15, 0.2) is 84.9 Å². The lowest BCUT2D eigenvalue weighted by Crippen LogP contribution is -2.41. The molecule has 0 amide bonds. The Kier molecular flexibility index (Phi) is 10.3. The zero-order valence-corrected chi connectivity index (χ0v) is 22.3. The Labute approximate surface area is 229 Å². The predicted molar refractivity (Wildman–Crippen MR) is 148 cm³/mol. The van der Waals surface area contributed by atoms with Crippen molar-refractivity contribution in [1.82, 2.24) is 4.90 Å². The van der Waals surface area contributed by atoms with Crippen molar-refractivity contribution in [2.45, 2.75) is 51.4 Å². The summed E-state index contributed by atoms with van der Waals surface area (Å²) in [6.45, 7) is 2.75. The van der Waals surface area contributed by atoms with E-state index in [1.54, 1.807) is 11.8 Å². The quantitative estimate of drug-likeness (QED) is 0.242. The lowest BCUT2D eigenvalue weighted by molar-refractivity contribution is -0.157. The highest BCUT2D eigenvalue weighted by molar-refractivity contribution is 5.78. The number of hydrogen-bond donors (Lipinski definition) is 0. The molecule has 2 atom stereocenters. The molecule has 3 aromatic rings. The van der Waals surface area contributed by atoms with Gasteiger partial charge in [0, 0.05) is 6.42 Å². The maximum Gasteiger partial charge on any atom is 0.323 e. The van der Waals surface area contributed by atoms with Crippen molar-refractivity contribution in [3.63, 3.8) is 0 Å². The SMILES string of the molecule is CCOC(=O)C[C@@H](Cc1ccc(-c2ccccc2)cc1)OC(=O)CN1CCC[C@H]1C(=O)OCc1ccccc1. The lowest BCUT2D eigenvalue weighted by atomic mass is 10.0. The second-order valence-corrected chi connectivity index (χ2v) is 9.61. The van der Waals surface area contributed by atoms with E-state index < -0.39 is 24.1 Å². The van der Waals surface area contributed by atoms with Gasteiger partial charge in [-0.1, -0.05) is 84.9 Å². The smallest absolute Gasteiger partial charge is 0.323 e. The third-order valence-corrected chi connectivity index (χ3v) is 6.71. The predicted octanol–water partition coefficient (Wildman–Crippen LogP) is 4.97. The van der Waals surface area contributed by atoms with Crippen LogP contribution in [0.25, 0.3) is 11.1 Å². The second kappa shape index (κ2) is 14.3. The standard InChI is InChI=1S/C32H35NO6/c1-2-37-30(34)21-28(20-24-15-17-27(18-16-24)26-12-7-4-8-13-26)39-31(35)22-33-19-9-14-29(33)32(36)38-23-25-10-5-3-6-11-25/h3-8,10-13,15-18,28-29H,2,9,14,19-23H2,1H3/t28-,29+/m1/s1. The summed E-state index contributed by atoms with van der Waals surface area (Å²) in [5, 5.41) is 0. The Morgan fingerprint density at radius 1 is 0.821 bits per heavy atom. The summed E-state index contributed by atoms with van der Waals surface area (Å²) < 4.78 is 16.4. The summed E-state index contributed by atoms with van der Waals surface area (Å²) in [7, 11) is 0. The van der Waals surface area contributed by atoms with Crippen LogP contribution < -0.4 is 0 Å². The van der Waals surface area contributed by atoms with E-state index in [1.807, 2.05) is 84.9 Å². The van der Waals surface area contributed by atoms with Gasteiger partial charge in [-0.3, -0.25) is 19.3 Å². The van der Waals surface area contributed by atoms with Crippen molar-refractivity contribution >= 4 is 17.9 Å². The van der Waals surface area contributed by atoms with Crippen molar-refractivity contribution < 1.29 is 28.6 Å². The molecule has 7 nitrogen and oxygen atoms in total. The van der Waals surface area contributed by atoms with Gasteiger partial charge in [-0.05, 0) is 48.6 Å². The maximum atomic E-state index is 13.0. The van der Waals surface area contributed by atoms with Gasteiger partial charge >= 0.3 is 17.9 Å². The number of nitrogens with zero attached hydrogens (tertiary/aromatic N) is 1. The highest BCUT2D eigenvalue weighted by Gasteiger charge is 2.34.